The first-order valence-corrected chi connectivity index (χ1v) is 6.68. The molecule has 0 aliphatic carbocycles. The topological polar surface area (TPSA) is 78.6 Å². The van der Waals surface area contributed by atoms with Crippen LogP contribution in [0, 0.1) is 0 Å². The van der Waals surface area contributed by atoms with Crippen LogP contribution in [0.1, 0.15) is 18.6 Å². The summed E-state index contributed by atoms with van der Waals surface area (Å²) in [6, 6.07) is 6.97. The summed E-state index contributed by atoms with van der Waals surface area (Å²) in [5.74, 6) is 0. The quantitative estimate of drug-likeness (QED) is 0.889. The van der Waals surface area contributed by atoms with Crippen molar-refractivity contribution in [2.45, 2.75) is 19.1 Å². The zero-order valence-electron chi connectivity index (χ0n) is 9.46. The van der Waals surface area contributed by atoms with Gasteiger partial charge in [-0.1, -0.05) is 29.8 Å². The van der Waals surface area contributed by atoms with Gasteiger partial charge < -0.3 is 4.74 Å². The molecule has 0 amide bonds. The van der Waals surface area contributed by atoms with E-state index in [2.05, 4.69) is 4.18 Å². The van der Waals surface area contributed by atoms with Gasteiger partial charge in [0.2, 0.25) is 0 Å². The van der Waals surface area contributed by atoms with E-state index in [9.17, 15) is 8.42 Å². The van der Waals surface area contributed by atoms with Crippen LogP contribution in [0.25, 0.3) is 0 Å². The number of nitrogens with two attached hydrogens (primary N) is 1. The van der Waals surface area contributed by atoms with Gasteiger partial charge in [0.1, 0.15) is 12.2 Å². The van der Waals surface area contributed by atoms with Crippen LogP contribution >= 0.6 is 11.6 Å². The lowest BCUT2D eigenvalue weighted by Gasteiger charge is -2.22. The third kappa shape index (κ3) is 4.25. The average Bonchev–Trinajstić information content (AvgIpc) is 2.19. The summed E-state index contributed by atoms with van der Waals surface area (Å²) < 4.78 is 31.6. The number of ether oxygens (including phenoxy) is 1. The van der Waals surface area contributed by atoms with Crippen LogP contribution in [0.4, 0.5) is 0 Å². The molecule has 17 heavy (non-hydrogen) atoms. The van der Waals surface area contributed by atoms with E-state index in [0.29, 0.717) is 10.6 Å². The Morgan fingerprint density at radius 2 is 1.94 bits per heavy atom. The summed E-state index contributed by atoms with van der Waals surface area (Å²) in [6.45, 7) is 1.54. The van der Waals surface area contributed by atoms with Crippen LogP contribution in [-0.4, -0.2) is 21.6 Å². The van der Waals surface area contributed by atoms with Crippen molar-refractivity contribution in [3.05, 3.63) is 34.9 Å². The summed E-state index contributed by atoms with van der Waals surface area (Å²) >= 11 is 6.00. The molecule has 5 nitrogen and oxygen atoms in total. The molecule has 0 bridgehead atoms. The number of hydrogen-bond acceptors (Lipinski definition) is 4. The number of rotatable bonds is 5. The first-order chi connectivity index (χ1) is 7.85. The van der Waals surface area contributed by atoms with Crippen molar-refractivity contribution in [1.82, 2.24) is 0 Å². The molecule has 0 aliphatic heterocycles. The third-order valence-electron chi connectivity index (χ3n) is 2.18. The first kappa shape index (κ1) is 14.4. The van der Waals surface area contributed by atoms with Crippen molar-refractivity contribution < 1.29 is 17.3 Å². The molecule has 7 heteroatoms. The molecule has 0 unspecified atom stereocenters. The minimum atomic E-state index is -4.02. The van der Waals surface area contributed by atoms with Crippen molar-refractivity contribution >= 4 is 21.9 Å². The summed E-state index contributed by atoms with van der Waals surface area (Å²) in [7, 11) is -2.58. The second-order valence-electron chi connectivity index (χ2n) is 3.47. The Morgan fingerprint density at radius 3 is 2.41 bits per heavy atom. The first-order valence-electron chi connectivity index (χ1n) is 4.83. The van der Waals surface area contributed by atoms with Crippen molar-refractivity contribution in [1.29, 1.82) is 0 Å². The van der Waals surface area contributed by atoms with Crippen molar-refractivity contribution in [3.8, 4) is 0 Å². The maximum Gasteiger partial charge on any atom is 0.333 e. The van der Waals surface area contributed by atoms with Crippen molar-refractivity contribution in [3.63, 3.8) is 0 Å². The van der Waals surface area contributed by atoms with E-state index in [1.807, 2.05) is 0 Å². The summed E-state index contributed by atoms with van der Waals surface area (Å²) in [5, 5.41) is 5.28. The highest BCUT2D eigenvalue weighted by Gasteiger charge is 2.25. The van der Waals surface area contributed by atoms with Crippen LogP contribution in [0.3, 0.4) is 0 Å². The molecule has 2 atom stereocenters. The SMILES string of the molecule is CO[C@@H](c1ccccc1Cl)[C@H](C)OS(N)(=O)=O. The second kappa shape index (κ2) is 5.79. The van der Waals surface area contributed by atoms with E-state index in [1.54, 1.807) is 31.2 Å². The fraction of sp³-hybridized carbons (Fsp3) is 0.400. The smallest absolute Gasteiger partial charge is 0.333 e. The van der Waals surface area contributed by atoms with Crippen LogP contribution in [-0.2, 0) is 19.2 Å². The van der Waals surface area contributed by atoms with Gasteiger partial charge in [-0.3, -0.25) is 4.18 Å². The van der Waals surface area contributed by atoms with Gasteiger partial charge in [0.05, 0.1) is 0 Å². The van der Waals surface area contributed by atoms with Gasteiger partial charge in [-0.2, -0.15) is 8.42 Å². The highest BCUT2D eigenvalue weighted by molar-refractivity contribution is 7.84. The second-order valence-corrected chi connectivity index (χ2v) is 5.06. The minimum Gasteiger partial charge on any atom is -0.374 e. The molecule has 0 aliphatic rings. The lowest BCUT2D eigenvalue weighted by molar-refractivity contribution is 0.0126. The molecule has 0 heterocycles. The van der Waals surface area contributed by atoms with Crippen LogP contribution in [0.5, 0.6) is 0 Å². The number of halogens is 1. The van der Waals surface area contributed by atoms with Gasteiger partial charge in [0.25, 0.3) is 0 Å². The Morgan fingerprint density at radius 1 is 1.35 bits per heavy atom. The average molecular weight is 280 g/mol. The Kier molecular flexibility index (Phi) is 4.91. The van der Waals surface area contributed by atoms with Gasteiger partial charge in [0.15, 0.2) is 0 Å². The zero-order chi connectivity index (χ0) is 13.1. The van der Waals surface area contributed by atoms with E-state index >= 15 is 0 Å². The fourth-order valence-electron chi connectivity index (χ4n) is 1.54. The van der Waals surface area contributed by atoms with Gasteiger partial charge in [0, 0.05) is 17.7 Å². The van der Waals surface area contributed by atoms with Crippen LogP contribution in [0.2, 0.25) is 5.02 Å². The molecule has 1 rings (SSSR count). The van der Waals surface area contributed by atoms with E-state index < -0.39 is 22.5 Å². The van der Waals surface area contributed by atoms with E-state index in [4.69, 9.17) is 21.5 Å². The Labute approximate surface area is 106 Å². The molecule has 0 fully saturated rings. The third-order valence-corrected chi connectivity index (χ3v) is 3.09. The standard InChI is InChI=1S/C10H14ClNO4S/c1-7(16-17(12,13)14)10(15-2)8-5-3-4-6-9(8)11/h3-7,10H,1-2H3,(H2,12,13,14)/t7-,10+/m0/s1. The molecule has 2 N–H and O–H groups in total. The fourth-order valence-corrected chi connectivity index (χ4v) is 2.31. The molecular formula is C10H14ClNO4S. The minimum absolute atomic E-state index is 0.476. The largest absolute Gasteiger partial charge is 0.374 e. The van der Waals surface area contributed by atoms with Gasteiger partial charge >= 0.3 is 10.3 Å². The monoisotopic (exact) mass is 279 g/mol. The molecule has 0 aromatic heterocycles. The van der Waals surface area contributed by atoms with Crippen molar-refractivity contribution in [2.24, 2.45) is 5.14 Å². The summed E-state index contributed by atoms with van der Waals surface area (Å²) in [6.07, 6.45) is -1.38. The van der Waals surface area contributed by atoms with E-state index in [0.717, 1.165) is 0 Å². The lowest BCUT2D eigenvalue weighted by atomic mass is 10.1. The van der Waals surface area contributed by atoms with E-state index in [-0.39, 0.29) is 0 Å². The Bertz CT molecular complexity index is 477. The van der Waals surface area contributed by atoms with Gasteiger partial charge in [-0.05, 0) is 13.0 Å². The van der Waals surface area contributed by atoms with E-state index in [1.165, 1.54) is 7.11 Å². The highest BCUT2D eigenvalue weighted by Crippen LogP contribution is 2.29. The van der Waals surface area contributed by atoms with Gasteiger partial charge in [-0.15, -0.1) is 0 Å². The summed E-state index contributed by atoms with van der Waals surface area (Å²) in [5.41, 5.74) is 0.646. The zero-order valence-corrected chi connectivity index (χ0v) is 11.0. The predicted octanol–water partition coefficient (Wildman–Crippen LogP) is 1.64. The van der Waals surface area contributed by atoms with Crippen LogP contribution in [0.15, 0.2) is 24.3 Å². The Balaban J connectivity index is 2.96. The maximum atomic E-state index is 10.8. The normalized spacial score (nSPS) is 15.5. The molecule has 1 aromatic carbocycles. The molecular weight excluding hydrogens is 266 g/mol. The van der Waals surface area contributed by atoms with Crippen LogP contribution < -0.4 is 5.14 Å². The molecule has 0 radical (unpaired) electrons. The molecule has 0 saturated carbocycles. The highest BCUT2D eigenvalue weighted by atomic mass is 35.5. The molecule has 0 spiro atoms. The molecule has 96 valence electrons. The number of benzene rings is 1. The number of hydrogen-bond donors (Lipinski definition) is 1. The maximum absolute atomic E-state index is 10.8. The summed E-state index contributed by atoms with van der Waals surface area (Å²) in [4.78, 5) is 0. The van der Waals surface area contributed by atoms with Crippen molar-refractivity contribution in [2.75, 3.05) is 7.11 Å². The van der Waals surface area contributed by atoms with Gasteiger partial charge in [-0.25, -0.2) is 5.14 Å². The predicted molar refractivity (Wildman–Crippen MR) is 64.9 cm³/mol. The Hall–Kier alpha value is -0.660. The molecule has 1 aromatic rings. The lowest BCUT2D eigenvalue weighted by Crippen LogP contribution is -2.28. The molecule has 0 saturated heterocycles. The number of methoxy groups -OCH3 is 1.